The summed E-state index contributed by atoms with van der Waals surface area (Å²) in [5, 5.41) is 19.4. The Labute approximate surface area is 162 Å². The number of aromatic carboxylic acids is 1. The standard InChI is InChI=1S/C23H17N3O2/c1-15-20-11-17(12-24)6-9-21(20)26(22(15)19-3-2-10-25-13-19)14-16-4-7-18(8-5-16)23(27)28/h2-11,13H,14H2,1H3,(H,27,28). The predicted molar refractivity (Wildman–Crippen MR) is 107 cm³/mol. The number of nitriles is 1. The fourth-order valence-electron chi connectivity index (χ4n) is 3.57. The summed E-state index contributed by atoms with van der Waals surface area (Å²) in [6.45, 7) is 2.64. The molecule has 4 rings (SSSR count). The molecule has 0 unspecified atom stereocenters. The molecule has 0 saturated heterocycles. The van der Waals surface area contributed by atoms with E-state index in [1.54, 1.807) is 18.3 Å². The summed E-state index contributed by atoms with van der Waals surface area (Å²) in [6.07, 6.45) is 3.57. The second kappa shape index (κ2) is 7.01. The molecule has 0 aliphatic carbocycles. The number of aryl methyl sites for hydroxylation is 1. The highest BCUT2D eigenvalue weighted by molar-refractivity contribution is 5.92. The average molecular weight is 367 g/mol. The lowest BCUT2D eigenvalue weighted by molar-refractivity contribution is 0.0697. The monoisotopic (exact) mass is 367 g/mol. The molecule has 0 fully saturated rings. The second-order valence-corrected chi connectivity index (χ2v) is 6.65. The molecule has 0 amide bonds. The Bertz CT molecular complexity index is 1220. The van der Waals surface area contributed by atoms with Gasteiger partial charge in [0.2, 0.25) is 0 Å². The Morgan fingerprint density at radius 3 is 2.61 bits per heavy atom. The number of hydrogen-bond acceptors (Lipinski definition) is 3. The normalized spacial score (nSPS) is 10.7. The maximum atomic E-state index is 11.1. The zero-order valence-corrected chi connectivity index (χ0v) is 15.3. The van der Waals surface area contributed by atoms with Gasteiger partial charge in [-0.05, 0) is 60.5 Å². The minimum atomic E-state index is -0.936. The smallest absolute Gasteiger partial charge is 0.335 e. The minimum absolute atomic E-state index is 0.267. The number of pyridine rings is 1. The number of carboxylic acids is 1. The SMILES string of the molecule is Cc1c(-c2cccnc2)n(Cc2ccc(C(=O)O)cc2)c2ccc(C#N)cc12. The Hall–Kier alpha value is -3.91. The lowest BCUT2D eigenvalue weighted by Crippen LogP contribution is -2.03. The number of rotatable bonds is 4. The fraction of sp³-hybridized carbons (Fsp3) is 0.0870. The molecule has 0 aliphatic heterocycles. The van der Waals surface area contributed by atoms with Gasteiger partial charge in [-0.2, -0.15) is 5.26 Å². The first kappa shape index (κ1) is 17.5. The molecule has 2 aromatic carbocycles. The van der Waals surface area contributed by atoms with Crippen molar-refractivity contribution in [2.24, 2.45) is 0 Å². The van der Waals surface area contributed by atoms with Crippen molar-refractivity contribution in [3.63, 3.8) is 0 Å². The molecule has 4 aromatic rings. The predicted octanol–water partition coefficient (Wildman–Crippen LogP) is 4.63. The van der Waals surface area contributed by atoms with E-state index >= 15 is 0 Å². The van der Waals surface area contributed by atoms with E-state index in [0.717, 1.165) is 33.3 Å². The fourth-order valence-corrected chi connectivity index (χ4v) is 3.57. The highest BCUT2D eigenvalue weighted by atomic mass is 16.4. The Morgan fingerprint density at radius 1 is 1.18 bits per heavy atom. The Kier molecular flexibility index (Phi) is 4.38. The molecule has 0 atom stereocenters. The lowest BCUT2D eigenvalue weighted by Gasteiger charge is -2.12. The van der Waals surface area contributed by atoms with Crippen LogP contribution in [0.15, 0.2) is 67.0 Å². The van der Waals surface area contributed by atoms with Crippen molar-refractivity contribution < 1.29 is 9.90 Å². The summed E-state index contributed by atoms with van der Waals surface area (Å²) >= 11 is 0. The molecule has 28 heavy (non-hydrogen) atoms. The topological polar surface area (TPSA) is 78.9 Å². The van der Waals surface area contributed by atoms with Gasteiger partial charge in [0, 0.05) is 35.4 Å². The van der Waals surface area contributed by atoms with Gasteiger partial charge in [-0.1, -0.05) is 12.1 Å². The largest absolute Gasteiger partial charge is 0.478 e. The molecule has 0 bridgehead atoms. The highest BCUT2D eigenvalue weighted by Crippen LogP contribution is 2.34. The number of carboxylic acid groups (broad SMARTS) is 1. The van der Waals surface area contributed by atoms with Crippen molar-refractivity contribution >= 4 is 16.9 Å². The maximum absolute atomic E-state index is 11.1. The first-order valence-corrected chi connectivity index (χ1v) is 8.84. The van der Waals surface area contributed by atoms with Crippen LogP contribution in [-0.4, -0.2) is 20.6 Å². The number of benzene rings is 2. The summed E-state index contributed by atoms with van der Waals surface area (Å²) in [5.41, 5.74) is 6.04. The zero-order valence-electron chi connectivity index (χ0n) is 15.3. The van der Waals surface area contributed by atoms with Crippen molar-refractivity contribution in [3.05, 3.63) is 89.2 Å². The second-order valence-electron chi connectivity index (χ2n) is 6.65. The van der Waals surface area contributed by atoms with Crippen LogP contribution in [0.2, 0.25) is 0 Å². The van der Waals surface area contributed by atoms with Gasteiger partial charge in [0.05, 0.1) is 22.9 Å². The van der Waals surface area contributed by atoms with Crippen molar-refractivity contribution in [1.82, 2.24) is 9.55 Å². The van der Waals surface area contributed by atoms with Gasteiger partial charge in [0.15, 0.2) is 0 Å². The minimum Gasteiger partial charge on any atom is -0.478 e. The van der Waals surface area contributed by atoms with E-state index in [1.807, 2.05) is 48.7 Å². The molecule has 0 aliphatic rings. The van der Waals surface area contributed by atoms with Crippen LogP contribution < -0.4 is 0 Å². The molecule has 0 saturated carbocycles. The molecular formula is C23H17N3O2. The van der Waals surface area contributed by atoms with Crippen LogP contribution in [0.4, 0.5) is 0 Å². The van der Waals surface area contributed by atoms with E-state index in [9.17, 15) is 10.1 Å². The number of fused-ring (bicyclic) bond motifs is 1. The maximum Gasteiger partial charge on any atom is 0.335 e. The molecular weight excluding hydrogens is 350 g/mol. The highest BCUT2D eigenvalue weighted by Gasteiger charge is 2.17. The first-order valence-electron chi connectivity index (χ1n) is 8.84. The molecule has 2 heterocycles. The van der Waals surface area contributed by atoms with E-state index in [4.69, 9.17) is 5.11 Å². The number of nitrogens with zero attached hydrogens (tertiary/aromatic N) is 3. The van der Waals surface area contributed by atoms with E-state index in [-0.39, 0.29) is 5.56 Å². The molecule has 2 aromatic heterocycles. The van der Waals surface area contributed by atoms with E-state index < -0.39 is 5.97 Å². The quantitative estimate of drug-likeness (QED) is 0.570. The van der Waals surface area contributed by atoms with Gasteiger partial charge in [-0.25, -0.2) is 4.79 Å². The molecule has 136 valence electrons. The third-order valence-corrected chi connectivity index (χ3v) is 4.92. The summed E-state index contributed by atoms with van der Waals surface area (Å²) in [5.74, 6) is -0.936. The number of hydrogen-bond donors (Lipinski definition) is 1. The summed E-state index contributed by atoms with van der Waals surface area (Å²) < 4.78 is 2.19. The van der Waals surface area contributed by atoms with Crippen LogP contribution in [-0.2, 0) is 6.54 Å². The average Bonchev–Trinajstić information content (AvgIpc) is 3.00. The van der Waals surface area contributed by atoms with Gasteiger partial charge in [0.25, 0.3) is 0 Å². The van der Waals surface area contributed by atoms with E-state index in [2.05, 4.69) is 22.5 Å². The molecule has 1 N–H and O–H groups in total. The Morgan fingerprint density at radius 2 is 1.96 bits per heavy atom. The van der Waals surface area contributed by atoms with Gasteiger partial charge < -0.3 is 9.67 Å². The van der Waals surface area contributed by atoms with Crippen LogP contribution in [0.1, 0.15) is 27.0 Å². The van der Waals surface area contributed by atoms with E-state index in [0.29, 0.717) is 12.1 Å². The summed E-state index contributed by atoms with van der Waals surface area (Å²) in [4.78, 5) is 15.4. The third-order valence-electron chi connectivity index (χ3n) is 4.92. The van der Waals surface area contributed by atoms with E-state index in [1.165, 1.54) is 0 Å². The van der Waals surface area contributed by atoms with Crippen LogP contribution >= 0.6 is 0 Å². The molecule has 0 radical (unpaired) electrons. The van der Waals surface area contributed by atoms with Crippen molar-refractivity contribution in [2.45, 2.75) is 13.5 Å². The first-order chi connectivity index (χ1) is 13.6. The number of carbonyl (C=O) groups is 1. The molecule has 0 spiro atoms. The Balaban J connectivity index is 1.90. The van der Waals surface area contributed by atoms with Gasteiger partial charge in [-0.3, -0.25) is 4.98 Å². The van der Waals surface area contributed by atoms with Crippen LogP contribution in [0, 0.1) is 18.3 Å². The molecule has 5 nitrogen and oxygen atoms in total. The van der Waals surface area contributed by atoms with Crippen molar-refractivity contribution in [3.8, 4) is 17.3 Å². The van der Waals surface area contributed by atoms with Gasteiger partial charge in [-0.15, -0.1) is 0 Å². The van der Waals surface area contributed by atoms with Crippen LogP contribution in [0.25, 0.3) is 22.2 Å². The van der Waals surface area contributed by atoms with Gasteiger partial charge >= 0.3 is 5.97 Å². The summed E-state index contributed by atoms with van der Waals surface area (Å²) in [7, 11) is 0. The third kappa shape index (κ3) is 3.01. The summed E-state index contributed by atoms with van der Waals surface area (Å²) in [6, 6.07) is 18.7. The van der Waals surface area contributed by atoms with Crippen molar-refractivity contribution in [1.29, 1.82) is 5.26 Å². The molecule has 5 heteroatoms. The van der Waals surface area contributed by atoms with Crippen LogP contribution in [0.3, 0.4) is 0 Å². The van der Waals surface area contributed by atoms with Crippen molar-refractivity contribution in [2.75, 3.05) is 0 Å². The lowest BCUT2D eigenvalue weighted by atomic mass is 10.1. The zero-order chi connectivity index (χ0) is 19.7. The van der Waals surface area contributed by atoms with Gasteiger partial charge in [0.1, 0.15) is 0 Å². The van der Waals surface area contributed by atoms with Crippen LogP contribution in [0.5, 0.6) is 0 Å². The number of aromatic nitrogens is 2.